The molecule has 0 saturated carbocycles. The van der Waals surface area contributed by atoms with E-state index in [9.17, 15) is 13.7 Å². The minimum Gasteiger partial charge on any atom is -0.455 e. The van der Waals surface area contributed by atoms with Crippen molar-refractivity contribution in [2.24, 2.45) is 0 Å². The van der Waals surface area contributed by atoms with Crippen molar-refractivity contribution < 1.29 is 55.1 Å². The maximum Gasteiger partial charge on any atom is 0.164 e. The lowest BCUT2D eigenvalue weighted by atomic mass is 9.99. The number of aromatic nitrogens is 8. The molecule has 0 spiro atoms. The minimum absolute atomic E-state index is 0.00441. The Labute approximate surface area is 633 Å². The summed E-state index contributed by atoms with van der Waals surface area (Å²) in [5, 5.41) is -0.820. The summed E-state index contributed by atoms with van der Waals surface area (Å²) in [5.74, 6) is -1.01. The summed E-state index contributed by atoms with van der Waals surface area (Å²) in [5.41, 5.74) is -2.31. The summed E-state index contributed by atoms with van der Waals surface area (Å²) < 4.78 is 341. The van der Waals surface area contributed by atoms with Crippen LogP contribution in [-0.2, 0) is 0 Å². The molecule has 0 N–H and O–H groups in total. The van der Waals surface area contributed by atoms with Gasteiger partial charge in [-0.2, -0.15) is 0 Å². The van der Waals surface area contributed by atoms with Gasteiger partial charge in [0.1, 0.15) is 11.2 Å². The van der Waals surface area contributed by atoms with Crippen LogP contribution in [0.3, 0.4) is 0 Å². The SMILES string of the molecule is [2H]c1c([2H])c([2H])c(-c2nc(-c3c([2H])c([2H])c([2H])c(C)c3[2H])nc(-c3c([2H])c([2H])c([2H])c(-c4c([2H])c([2H])c5c(c4[2H])c4c([2H])c6c(oc7c([2H])c([2H])c([2H])c([2H])c76)c6c7c([2H])c([2H])c([2H])c([2H])c7n5c46)c3[2H])n2)c([2H])c1[2H].[2H]c1c([2H])c([2H])c2c(sc3c2c([2H])c2c4c([2H])c(-c5cccc(-c6nc(-c7ccccc7)nc(-c7ccccc7)n6)c5)c([2H])c([2H])c4n4c5c([2H])c([2H])c([2H])c([2H])c5c3c24)c1[2H]. The lowest BCUT2D eigenvalue weighted by Gasteiger charge is -2.10. The Balaban J connectivity index is 0.000000168. The molecule has 0 amide bonds. The first kappa shape index (κ1) is 31.5. The Hall–Kier alpha value is -13.3. The van der Waals surface area contributed by atoms with Gasteiger partial charge >= 0.3 is 0 Å². The third-order valence-electron chi connectivity index (χ3n) is 17.4. The zero-order valence-corrected chi connectivity index (χ0v) is 52.3. The number of rotatable bonds is 8. The van der Waals surface area contributed by atoms with Gasteiger partial charge in [0.05, 0.1) is 89.2 Å². The average molecular weight is 1340 g/mol. The zero-order valence-electron chi connectivity index (χ0n) is 88.5. The third-order valence-corrected chi connectivity index (χ3v) is 18.5. The fraction of sp³-hybridized carbons (Fsp3) is 0.0110. The maximum atomic E-state index is 9.95. The second kappa shape index (κ2) is 22.4. The topological polar surface area (TPSA) is 99.3 Å². The van der Waals surface area contributed by atoms with Crippen molar-refractivity contribution in [3.63, 3.8) is 0 Å². The molecule has 0 saturated heterocycles. The van der Waals surface area contributed by atoms with Crippen LogP contribution in [0.4, 0.5) is 0 Å². The van der Waals surface area contributed by atoms with E-state index >= 15 is 0 Å². The highest BCUT2D eigenvalue weighted by atomic mass is 32.1. The first-order chi connectivity index (χ1) is 65.4. The highest BCUT2D eigenvalue weighted by Crippen LogP contribution is 2.50. The van der Waals surface area contributed by atoms with E-state index in [1.54, 1.807) is 24.3 Å². The second-order valence-electron chi connectivity index (χ2n) is 23.2. The van der Waals surface area contributed by atoms with Crippen LogP contribution < -0.4 is 0 Å². The van der Waals surface area contributed by atoms with E-state index in [1.807, 2.05) is 60.7 Å². The molecule has 101 heavy (non-hydrogen) atoms. The number of hydrogen-bond donors (Lipinski definition) is 0. The van der Waals surface area contributed by atoms with Gasteiger partial charge in [-0.25, -0.2) is 29.9 Å². The van der Waals surface area contributed by atoms with E-state index in [-0.39, 0.29) is 161 Å². The lowest BCUT2D eigenvalue weighted by Crippen LogP contribution is -2.00. The van der Waals surface area contributed by atoms with E-state index in [0.717, 1.165) is 26.9 Å². The van der Waals surface area contributed by atoms with Crippen molar-refractivity contribution in [1.82, 2.24) is 38.7 Å². The third kappa shape index (κ3) is 9.02. The van der Waals surface area contributed by atoms with Crippen LogP contribution in [0.1, 0.15) is 56.3 Å². The van der Waals surface area contributed by atoms with Crippen LogP contribution in [-0.4, -0.2) is 38.7 Å². The Morgan fingerprint density at radius 1 is 0.307 bits per heavy atom. The van der Waals surface area contributed by atoms with Gasteiger partial charge in [0.25, 0.3) is 0 Å². The average Bonchev–Trinajstić information content (AvgIpc) is 1.50. The van der Waals surface area contributed by atoms with E-state index in [2.05, 4.69) is 15.0 Å². The van der Waals surface area contributed by atoms with Gasteiger partial charge in [-0.3, -0.25) is 0 Å². The van der Waals surface area contributed by atoms with Crippen LogP contribution >= 0.6 is 11.3 Å². The molecule has 0 atom stereocenters. The van der Waals surface area contributed by atoms with E-state index in [4.69, 9.17) is 56.4 Å². The monoisotopic (exact) mass is 1340 g/mol. The summed E-state index contributed by atoms with van der Waals surface area (Å²) in [6.45, 7) is 1.30. The molecule has 8 aromatic heterocycles. The van der Waals surface area contributed by atoms with Gasteiger partial charge in [0, 0.05) is 102 Å². The molecule has 9 nitrogen and oxygen atoms in total. The molecule has 8 heterocycles. The van der Waals surface area contributed by atoms with Crippen molar-refractivity contribution in [2.45, 2.75) is 6.92 Å². The van der Waals surface area contributed by atoms with Crippen molar-refractivity contribution in [2.75, 3.05) is 0 Å². The Bertz CT molecular complexity index is 9250. The molecule has 0 aliphatic carbocycles. The molecular weight excluding hydrogens is 1250 g/mol. The molecule has 0 bridgehead atoms. The largest absolute Gasteiger partial charge is 0.455 e. The molecule has 0 aliphatic heterocycles. The molecule has 0 aliphatic rings. The number of benzene rings is 14. The molecule has 0 unspecified atom stereocenters. The van der Waals surface area contributed by atoms with Crippen LogP contribution in [0.25, 0.3) is 209 Å². The molecule has 14 aromatic carbocycles. The first-order valence-corrected chi connectivity index (χ1v) is 31.8. The summed E-state index contributed by atoms with van der Waals surface area (Å²) in [7, 11) is 0. The number of para-hydroxylation sites is 3. The quantitative estimate of drug-likeness (QED) is 0.149. The van der Waals surface area contributed by atoms with Crippen molar-refractivity contribution in [3.05, 3.63) is 314 Å². The second-order valence-corrected chi connectivity index (χ2v) is 24.2. The molecule has 470 valence electrons. The van der Waals surface area contributed by atoms with Gasteiger partial charge in [-0.15, -0.1) is 11.3 Å². The number of fused-ring (bicyclic) bond motifs is 20. The first-order valence-electron chi connectivity index (χ1n) is 49.5. The molecule has 0 radical (unpaired) electrons. The smallest absolute Gasteiger partial charge is 0.164 e. The standard InChI is InChI=1S/C46H28N4O.C45H26N4S/c1-27-11-9-15-31(23-27)45-47-44(28-12-3-2-4-13-28)48-46(49-45)32-16-10-14-29(24-32)30-21-22-39-35(25-30)36-26-37-33-17-6-8-20-40(33)51-43(37)41-34-18-5-7-19-38(34)50(39)42(36)41;1-3-12-27(13-4-1)43-46-44(28-14-5-2-6-15-28)48-45(47-43)31-17-11-16-29(24-31)30-22-23-38-34(25-30)35-26-36-32-18-8-10-21-39(32)50-42(36)40-33-19-7-9-20-37(33)49(38)41(35)40/h2-26H,1H3;1-26H/i2D,3D,4D,5D,6D,7D,8D,9D,10D,11D,12D,13D,14D,15D,16D,17D,18D,19D,20D,21D,22D,23D,24D,25D,26D;7D,8D,9D,10D,18D,19D,20D,21D,22D,23D,25D,26D. The Morgan fingerprint density at radius 2 is 0.772 bits per heavy atom. The number of furan rings is 1. The molecule has 10 heteroatoms. The zero-order chi connectivity index (χ0) is 98.6. The molecule has 0 fully saturated rings. The number of nitrogens with zero attached hydrogens (tertiary/aromatic N) is 8. The summed E-state index contributed by atoms with van der Waals surface area (Å²) >= 11 is 1.00. The highest BCUT2D eigenvalue weighted by molar-refractivity contribution is 7.26. The summed E-state index contributed by atoms with van der Waals surface area (Å²) in [4.78, 5) is 27.5. The van der Waals surface area contributed by atoms with Crippen LogP contribution in [0.15, 0.2) is 313 Å². The van der Waals surface area contributed by atoms with E-state index < -0.39 is 232 Å². The maximum absolute atomic E-state index is 9.95. The van der Waals surface area contributed by atoms with Crippen molar-refractivity contribution in [3.8, 4) is 90.6 Å². The summed E-state index contributed by atoms with van der Waals surface area (Å²) in [6, 6.07) is 2.41. The van der Waals surface area contributed by atoms with Crippen LogP contribution in [0.2, 0.25) is 0 Å². The van der Waals surface area contributed by atoms with Gasteiger partial charge in [-0.05, 0) is 108 Å². The predicted octanol–water partition coefficient (Wildman–Crippen LogP) is 24.0. The Morgan fingerprint density at radius 3 is 1.45 bits per heavy atom. The molecule has 22 rings (SSSR count). The fourth-order valence-electron chi connectivity index (χ4n) is 13.0. The van der Waals surface area contributed by atoms with Crippen LogP contribution in [0, 0.1) is 6.92 Å². The number of hydrogen-bond acceptors (Lipinski definition) is 8. The highest BCUT2D eigenvalue weighted by Gasteiger charge is 2.26. The van der Waals surface area contributed by atoms with Crippen molar-refractivity contribution >= 4 is 130 Å². The van der Waals surface area contributed by atoms with Gasteiger partial charge in [0.15, 0.2) is 34.9 Å². The van der Waals surface area contributed by atoms with E-state index in [1.165, 1.54) is 11.3 Å². The van der Waals surface area contributed by atoms with E-state index in [0.29, 0.717) is 33.3 Å². The Kier molecular flexibility index (Phi) is 6.98. The normalized spacial score (nSPS) is 17.1. The minimum atomic E-state index is -0.986. The van der Waals surface area contributed by atoms with Gasteiger partial charge < -0.3 is 13.2 Å². The van der Waals surface area contributed by atoms with Gasteiger partial charge in [-0.1, -0.05) is 235 Å². The number of thiophene rings is 1. The molecular formula is C91H54N8OS. The fourth-order valence-corrected chi connectivity index (χ4v) is 14.2. The van der Waals surface area contributed by atoms with Crippen LogP contribution in [0.5, 0.6) is 0 Å². The lowest BCUT2D eigenvalue weighted by molar-refractivity contribution is 0.673. The van der Waals surface area contributed by atoms with Crippen molar-refractivity contribution in [1.29, 1.82) is 0 Å². The molecule has 22 aromatic rings. The predicted molar refractivity (Wildman–Crippen MR) is 417 cm³/mol. The van der Waals surface area contributed by atoms with Gasteiger partial charge in [0.2, 0.25) is 0 Å². The summed E-state index contributed by atoms with van der Waals surface area (Å²) in [6.07, 6.45) is 0.